The predicted octanol–water partition coefficient (Wildman–Crippen LogP) is 1.82. The minimum absolute atomic E-state index is 0.796. The molecule has 0 fully saturated rings. The van der Waals surface area contributed by atoms with Crippen LogP contribution in [0.1, 0.15) is 0 Å². The van der Waals surface area contributed by atoms with E-state index in [-0.39, 0.29) is 0 Å². The molecule has 5 heteroatoms. The van der Waals surface area contributed by atoms with E-state index in [0.29, 0.717) is 0 Å². The number of aromatic nitrogens is 4. The van der Waals surface area contributed by atoms with Crippen LogP contribution < -0.4 is 4.74 Å². The molecule has 0 atom stereocenters. The number of rotatable bonds is 2. The van der Waals surface area contributed by atoms with Gasteiger partial charge in [-0.1, -0.05) is 0 Å². The maximum absolute atomic E-state index is 5.12. The van der Waals surface area contributed by atoms with Crippen molar-refractivity contribution >= 4 is 11.0 Å². The standard InChI is InChI=1S/C12H10N4O/c1-17-11-4-2-10(3-5-11)16-12-9(7-15-16)6-13-8-14-12/h2-8H,1H3. The molecule has 84 valence electrons. The average Bonchev–Trinajstić information content (AvgIpc) is 2.83. The van der Waals surface area contributed by atoms with Crippen LogP contribution in [0.15, 0.2) is 43.0 Å². The Morgan fingerprint density at radius 1 is 1.12 bits per heavy atom. The Morgan fingerprint density at radius 3 is 2.71 bits per heavy atom. The summed E-state index contributed by atoms with van der Waals surface area (Å²) in [5.74, 6) is 0.819. The summed E-state index contributed by atoms with van der Waals surface area (Å²) in [6, 6.07) is 7.66. The first-order chi connectivity index (χ1) is 8.38. The van der Waals surface area contributed by atoms with E-state index in [4.69, 9.17) is 4.74 Å². The zero-order valence-corrected chi connectivity index (χ0v) is 9.24. The van der Waals surface area contributed by atoms with Crippen molar-refractivity contribution in [2.45, 2.75) is 0 Å². The van der Waals surface area contributed by atoms with Crippen LogP contribution in [0, 0.1) is 0 Å². The normalized spacial score (nSPS) is 10.6. The predicted molar refractivity (Wildman–Crippen MR) is 63.2 cm³/mol. The minimum Gasteiger partial charge on any atom is -0.497 e. The molecule has 0 spiro atoms. The molecule has 3 aromatic rings. The Balaban J connectivity index is 2.13. The summed E-state index contributed by atoms with van der Waals surface area (Å²) in [6.45, 7) is 0. The minimum atomic E-state index is 0.796. The lowest BCUT2D eigenvalue weighted by molar-refractivity contribution is 0.414. The number of fused-ring (bicyclic) bond motifs is 1. The molecular formula is C12H10N4O. The molecule has 0 saturated heterocycles. The highest BCUT2D eigenvalue weighted by Crippen LogP contribution is 2.18. The van der Waals surface area contributed by atoms with Crippen molar-refractivity contribution in [1.82, 2.24) is 19.7 Å². The third kappa shape index (κ3) is 1.61. The molecule has 0 aliphatic heterocycles. The maximum atomic E-state index is 5.12. The highest BCUT2D eigenvalue weighted by Gasteiger charge is 2.05. The zero-order valence-electron chi connectivity index (χ0n) is 9.24. The molecule has 0 N–H and O–H groups in total. The molecule has 2 heterocycles. The lowest BCUT2D eigenvalue weighted by Gasteiger charge is -2.04. The summed E-state index contributed by atoms with van der Waals surface area (Å²) < 4.78 is 6.89. The van der Waals surface area contributed by atoms with Gasteiger partial charge in [0.15, 0.2) is 5.65 Å². The van der Waals surface area contributed by atoms with Crippen LogP contribution in [0.2, 0.25) is 0 Å². The van der Waals surface area contributed by atoms with E-state index in [9.17, 15) is 0 Å². The second-order valence-electron chi connectivity index (χ2n) is 3.56. The summed E-state index contributed by atoms with van der Waals surface area (Å²) in [6.07, 6.45) is 5.01. The van der Waals surface area contributed by atoms with Crippen LogP contribution >= 0.6 is 0 Å². The number of ether oxygens (including phenoxy) is 1. The number of hydrogen-bond donors (Lipinski definition) is 0. The fraction of sp³-hybridized carbons (Fsp3) is 0.0833. The molecule has 0 aliphatic rings. The quantitative estimate of drug-likeness (QED) is 0.668. The third-order valence-corrected chi connectivity index (χ3v) is 2.55. The Bertz CT molecular complexity index is 645. The van der Waals surface area contributed by atoms with Crippen molar-refractivity contribution in [2.24, 2.45) is 0 Å². The van der Waals surface area contributed by atoms with E-state index < -0.39 is 0 Å². The van der Waals surface area contributed by atoms with Gasteiger partial charge in [-0.25, -0.2) is 14.6 Å². The van der Waals surface area contributed by atoms with Crippen molar-refractivity contribution < 1.29 is 4.74 Å². The highest BCUT2D eigenvalue weighted by molar-refractivity contribution is 5.74. The lowest BCUT2D eigenvalue weighted by atomic mass is 10.3. The van der Waals surface area contributed by atoms with E-state index in [1.807, 2.05) is 24.3 Å². The average molecular weight is 226 g/mol. The Kier molecular flexibility index (Phi) is 2.22. The molecule has 0 amide bonds. The number of methoxy groups -OCH3 is 1. The first-order valence-electron chi connectivity index (χ1n) is 5.16. The summed E-state index contributed by atoms with van der Waals surface area (Å²) >= 11 is 0. The van der Waals surface area contributed by atoms with E-state index in [1.54, 1.807) is 24.2 Å². The molecule has 17 heavy (non-hydrogen) atoms. The van der Waals surface area contributed by atoms with Crippen molar-refractivity contribution in [3.05, 3.63) is 43.0 Å². The fourth-order valence-electron chi connectivity index (χ4n) is 1.69. The largest absolute Gasteiger partial charge is 0.497 e. The first-order valence-corrected chi connectivity index (χ1v) is 5.16. The van der Waals surface area contributed by atoms with Gasteiger partial charge in [-0.05, 0) is 24.3 Å². The van der Waals surface area contributed by atoms with Gasteiger partial charge in [-0.3, -0.25) is 0 Å². The number of nitrogens with zero attached hydrogens (tertiary/aromatic N) is 4. The van der Waals surface area contributed by atoms with Gasteiger partial charge in [-0.15, -0.1) is 0 Å². The summed E-state index contributed by atoms with van der Waals surface area (Å²) in [4.78, 5) is 8.18. The zero-order chi connectivity index (χ0) is 11.7. The summed E-state index contributed by atoms with van der Waals surface area (Å²) in [7, 11) is 1.64. The van der Waals surface area contributed by atoms with Gasteiger partial charge in [0.1, 0.15) is 12.1 Å². The van der Waals surface area contributed by atoms with E-state index in [2.05, 4.69) is 15.1 Å². The van der Waals surface area contributed by atoms with Crippen LogP contribution in [-0.2, 0) is 0 Å². The van der Waals surface area contributed by atoms with Crippen LogP contribution in [0.4, 0.5) is 0 Å². The first kappa shape index (κ1) is 9.77. The van der Waals surface area contributed by atoms with Crippen LogP contribution in [0.5, 0.6) is 5.75 Å². The second kappa shape index (κ2) is 3.86. The number of benzene rings is 1. The van der Waals surface area contributed by atoms with Gasteiger partial charge >= 0.3 is 0 Å². The van der Waals surface area contributed by atoms with Crippen molar-refractivity contribution in [2.75, 3.05) is 7.11 Å². The van der Waals surface area contributed by atoms with Crippen LogP contribution in [-0.4, -0.2) is 26.9 Å². The van der Waals surface area contributed by atoms with Crippen molar-refractivity contribution in [3.8, 4) is 11.4 Å². The molecular weight excluding hydrogens is 216 g/mol. The van der Waals surface area contributed by atoms with Gasteiger partial charge < -0.3 is 4.74 Å². The molecule has 0 radical (unpaired) electrons. The Morgan fingerprint density at radius 2 is 1.94 bits per heavy atom. The van der Waals surface area contributed by atoms with Gasteiger partial charge in [0.2, 0.25) is 0 Å². The summed E-state index contributed by atoms with van der Waals surface area (Å²) in [5.41, 5.74) is 1.74. The smallest absolute Gasteiger partial charge is 0.166 e. The van der Waals surface area contributed by atoms with E-state index in [0.717, 1.165) is 22.5 Å². The molecule has 0 unspecified atom stereocenters. The summed E-state index contributed by atoms with van der Waals surface area (Å²) in [5, 5.41) is 5.21. The molecule has 0 aliphatic carbocycles. The van der Waals surface area contributed by atoms with Crippen LogP contribution in [0.25, 0.3) is 16.7 Å². The maximum Gasteiger partial charge on any atom is 0.166 e. The van der Waals surface area contributed by atoms with Gasteiger partial charge in [-0.2, -0.15) is 5.10 Å². The van der Waals surface area contributed by atoms with Gasteiger partial charge in [0, 0.05) is 6.20 Å². The molecule has 2 aromatic heterocycles. The highest BCUT2D eigenvalue weighted by atomic mass is 16.5. The SMILES string of the molecule is COc1ccc(-n2ncc3cncnc32)cc1. The van der Waals surface area contributed by atoms with Gasteiger partial charge in [0.05, 0.1) is 24.4 Å². The molecule has 5 nitrogen and oxygen atoms in total. The third-order valence-electron chi connectivity index (χ3n) is 2.55. The topological polar surface area (TPSA) is 52.8 Å². The van der Waals surface area contributed by atoms with Gasteiger partial charge in [0.25, 0.3) is 0 Å². The molecule has 3 rings (SSSR count). The van der Waals surface area contributed by atoms with Crippen molar-refractivity contribution in [1.29, 1.82) is 0 Å². The van der Waals surface area contributed by atoms with Crippen molar-refractivity contribution in [3.63, 3.8) is 0 Å². The molecule has 1 aromatic carbocycles. The Labute approximate surface area is 97.7 Å². The lowest BCUT2D eigenvalue weighted by Crippen LogP contribution is -1.97. The van der Waals surface area contributed by atoms with Crippen LogP contribution in [0.3, 0.4) is 0 Å². The number of hydrogen-bond acceptors (Lipinski definition) is 4. The fourth-order valence-corrected chi connectivity index (χ4v) is 1.69. The van der Waals surface area contributed by atoms with E-state index >= 15 is 0 Å². The molecule has 0 saturated carbocycles. The van der Waals surface area contributed by atoms with E-state index in [1.165, 1.54) is 6.33 Å². The Hall–Kier alpha value is -2.43. The molecule has 0 bridgehead atoms. The second-order valence-corrected chi connectivity index (χ2v) is 3.56. The monoisotopic (exact) mass is 226 g/mol.